The van der Waals surface area contributed by atoms with Crippen molar-refractivity contribution in [2.75, 3.05) is 0 Å². The van der Waals surface area contributed by atoms with Crippen LogP contribution in [0.2, 0.25) is 0 Å². The molecule has 0 radical (unpaired) electrons. The Bertz CT molecular complexity index is 572. The molecule has 5 nitrogen and oxygen atoms in total. The highest BCUT2D eigenvalue weighted by Gasteiger charge is 2.07. The van der Waals surface area contributed by atoms with Gasteiger partial charge in [-0.25, -0.2) is 9.19 Å². The number of nitriles is 1. The third kappa shape index (κ3) is 1.86. The molecular weight excluding hydrogens is 226 g/mol. The minimum absolute atomic E-state index is 0.209. The molecule has 1 heterocycles. The summed E-state index contributed by atoms with van der Waals surface area (Å²) < 4.78 is 21.4. The third-order valence-corrected chi connectivity index (χ3v) is 2.73. The first-order valence-electron chi connectivity index (χ1n) is 4.35. The van der Waals surface area contributed by atoms with Crippen LogP contribution in [0.1, 0.15) is 5.56 Å². The van der Waals surface area contributed by atoms with Gasteiger partial charge in [0.15, 0.2) is 11.1 Å². The molecule has 80 valence electrons. The standard InChI is InChI=1S/C10H7N3O2S/c11-6-8-5-9(16(14)15)1-2-10(8)13-4-3-12-7-13/h1-5,7H,(H,14,15). The summed E-state index contributed by atoms with van der Waals surface area (Å²) in [5.41, 5.74) is 0.965. The number of rotatable bonds is 2. The molecule has 0 amide bonds. The summed E-state index contributed by atoms with van der Waals surface area (Å²) in [4.78, 5) is 4.08. The van der Waals surface area contributed by atoms with Crippen LogP contribution in [0.5, 0.6) is 0 Å². The van der Waals surface area contributed by atoms with Crippen molar-refractivity contribution in [2.24, 2.45) is 0 Å². The smallest absolute Gasteiger partial charge is 0.186 e. The van der Waals surface area contributed by atoms with Crippen LogP contribution in [0.15, 0.2) is 41.8 Å². The van der Waals surface area contributed by atoms with Crippen LogP contribution < -0.4 is 0 Å². The molecule has 2 aromatic rings. The molecule has 1 atom stereocenters. The predicted octanol–water partition coefficient (Wildman–Crippen LogP) is 1.32. The van der Waals surface area contributed by atoms with E-state index in [1.54, 1.807) is 29.4 Å². The van der Waals surface area contributed by atoms with Crippen molar-refractivity contribution in [3.05, 3.63) is 42.5 Å². The van der Waals surface area contributed by atoms with Crippen LogP contribution in [0.25, 0.3) is 5.69 Å². The zero-order valence-corrected chi connectivity index (χ0v) is 8.89. The minimum atomic E-state index is -2.07. The Kier molecular flexibility index (Phi) is 2.81. The normalized spacial score (nSPS) is 12.0. The summed E-state index contributed by atoms with van der Waals surface area (Å²) in [5, 5.41) is 8.96. The Morgan fingerprint density at radius 3 is 2.88 bits per heavy atom. The highest BCUT2D eigenvalue weighted by atomic mass is 32.2. The first-order valence-corrected chi connectivity index (χ1v) is 5.46. The summed E-state index contributed by atoms with van der Waals surface area (Å²) in [5.74, 6) is 0. The Balaban J connectivity index is 2.57. The fourth-order valence-corrected chi connectivity index (χ4v) is 1.74. The SMILES string of the molecule is N#Cc1cc(S(=O)O)ccc1-n1ccnc1. The zero-order chi connectivity index (χ0) is 11.5. The molecule has 16 heavy (non-hydrogen) atoms. The van der Waals surface area contributed by atoms with E-state index in [-0.39, 0.29) is 4.90 Å². The average molecular weight is 233 g/mol. The van der Waals surface area contributed by atoms with Crippen LogP contribution >= 0.6 is 0 Å². The van der Waals surface area contributed by atoms with Gasteiger partial charge in [-0.05, 0) is 18.2 Å². The second-order valence-corrected chi connectivity index (χ2v) is 3.98. The summed E-state index contributed by atoms with van der Waals surface area (Å²) in [6.45, 7) is 0. The van der Waals surface area contributed by atoms with Crippen molar-refractivity contribution < 1.29 is 8.76 Å². The lowest BCUT2D eigenvalue weighted by molar-refractivity contribution is 0.564. The van der Waals surface area contributed by atoms with Gasteiger partial charge in [0.2, 0.25) is 0 Å². The molecule has 0 aliphatic heterocycles. The minimum Gasteiger partial charge on any atom is -0.305 e. The molecule has 0 fully saturated rings. The van der Waals surface area contributed by atoms with E-state index in [2.05, 4.69) is 4.98 Å². The molecule has 1 aromatic carbocycles. The van der Waals surface area contributed by atoms with E-state index in [4.69, 9.17) is 9.81 Å². The van der Waals surface area contributed by atoms with E-state index < -0.39 is 11.1 Å². The maximum absolute atomic E-state index is 10.8. The second kappa shape index (κ2) is 4.26. The molecule has 0 aliphatic carbocycles. The van der Waals surface area contributed by atoms with Crippen molar-refractivity contribution in [1.29, 1.82) is 5.26 Å². The Labute approximate surface area is 94.3 Å². The molecule has 0 aliphatic rings. The molecule has 2 rings (SSSR count). The van der Waals surface area contributed by atoms with Crippen LogP contribution in [0.4, 0.5) is 0 Å². The third-order valence-electron chi connectivity index (χ3n) is 2.07. The molecule has 6 heteroatoms. The van der Waals surface area contributed by atoms with Gasteiger partial charge in [-0.3, -0.25) is 0 Å². The Morgan fingerprint density at radius 1 is 1.50 bits per heavy atom. The summed E-state index contributed by atoms with van der Waals surface area (Å²) >= 11 is -2.07. The summed E-state index contributed by atoms with van der Waals surface area (Å²) in [6.07, 6.45) is 4.86. The quantitative estimate of drug-likeness (QED) is 0.793. The van der Waals surface area contributed by atoms with Gasteiger partial charge < -0.3 is 9.12 Å². The van der Waals surface area contributed by atoms with Crippen LogP contribution in [-0.2, 0) is 11.1 Å². The monoisotopic (exact) mass is 233 g/mol. The fraction of sp³-hybridized carbons (Fsp3) is 0. The van der Waals surface area contributed by atoms with Gasteiger partial charge in [-0.2, -0.15) is 5.26 Å². The maximum Gasteiger partial charge on any atom is 0.186 e. The summed E-state index contributed by atoms with van der Waals surface area (Å²) in [7, 11) is 0. The van der Waals surface area contributed by atoms with E-state index >= 15 is 0 Å². The molecular formula is C10H7N3O2S. The number of benzene rings is 1. The van der Waals surface area contributed by atoms with E-state index in [1.807, 2.05) is 6.07 Å². The van der Waals surface area contributed by atoms with Crippen molar-refractivity contribution >= 4 is 11.1 Å². The molecule has 0 spiro atoms. The van der Waals surface area contributed by atoms with Gasteiger partial charge in [0.1, 0.15) is 6.07 Å². The fourth-order valence-electron chi connectivity index (χ4n) is 1.34. The van der Waals surface area contributed by atoms with E-state index in [0.717, 1.165) is 0 Å². The number of nitrogens with zero attached hydrogens (tertiary/aromatic N) is 3. The Morgan fingerprint density at radius 2 is 2.31 bits per heavy atom. The first kappa shape index (κ1) is 10.5. The van der Waals surface area contributed by atoms with E-state index in [0.29, 0.717) is 11.3 Å². The lowest BCUT2D eigenvalue weighted by Gasteiger charge is -2.05. The number of hydrogen-bond donors (Lipinski definition) is 1. The topological polar surface area (TPSA) is 78.9 Å². The van der Waals surface area contributed by atoms with Crippen molar-refractivity contribution in [1.82, 2.24) is 9.55 Å². The van der Waals surface area contributed by atoms with Gasteiger partial charge in [0.05, 0.1) is 22.5 Å². The number of aromatic nitrogens is 2. The maximum atomic E-state index is 10.8. The predicted molar refractivity (Wildman–Crippen MR) is 57.3 cm³/mol. The van der Waals surface area contributed by atoms with Crippen molar-refractivity contribution in [3.63, 3.8) is 0 Å². The molecule has 1 N–H and O–H groups in total. The molecule has 0 bridgehead atoms. The van der Waals surface area contributed by atoms with Gasteiger partial charge >= 0.3 is 0 Å². The second-order valence-electron chi connectivity index (χ2n) is 3.01. The largest absolute Gasteiger partial charge is 0.305 e. The van der Waals surface area contributed by atoms with Crippen LogP contribution in [0.3, 0.4) is 0 Å². The van der Waals surface area contributed by atoms with Crippen molar-refractivity contribution in [2.45, 2.75) is 4.90 Å². The lowest BCUT2D eigenvalue weighted by atomic mass is 10.2. The van der Waals surface area contributed by atoms with Crippen LogP contribution in [0, 0.1) is 11.3 Å². The average Bonchev–Trinajstić information content (AvgIpc) is 2.81. The number of imidazole rings is 1. The zero-order valence-electron chi connectivity index (χ0n) is 8.07. The van der Waals surface area contributed by atoms with Gasteiger partial charge in [0.25, 0.3) is 0 Å². The van der Waals surface area contributed by atoms with Crippen molar-refractivity contribution in [3.8, 4) is 11.8 Å². The van der Waals surface area contributed by atoms with Gasteiger partial charge in [0, 0.05) is 12.4 Å². The van der Waals surface area contributed by atoms with Gasteiger partial charge in [-0.15, -0.1) is 0 Å². The molecule has 0 saturated heterocycles. The number of hydrogen-bond acceptors (Lipinski definition) is 3. The van der Waals surface area contributed by atoms with E-state index in [9.17, 15) is 4.21 Å². The molecule has 1 aromatic heterocycles. The highest BCUT2D eigenvalue weighted by molar-refractivity contribution is 7.79. The van der Waals surface area contributed by atoms with E-state index in [1.165, 1.54) is 12.1 Å². The lowest BCUT2D eigenvalue weighted by Crippen LogP contribution is -1.97. The first-order chi connectivity index (χ1) is 7.72. The summed E-state index contributed by atoms with van der Waals surface area (Å²) in [6, 6.07) is 6.50. The molecule has 0 saturated carbocycles. The Hall–Kier alpha value is -1.97. The highest BCUT2D eigenvalue weighted by Crippen LogP contribution is 2.17. The van der Waals surface area contributed by atoms with Gasteiger partial charge in [-0.1, -0.05) is 0 Å². The van der Waals surface area contributed by atoms with Crippen LogP contribution in [-0.4, -0.2) is 18.3 Å². The molecule has 1 unspecified atom stereocenters.